The van der Waals surface area contributed by atoms with Crippen molar-refractivity contribution in [3.63, 3.8) is 0 Å². The standard InChI is InChI=1S/C21H27N3O3/c25-21(23-19-7-3-5-16-4-1-2-6-18(16)19)22-14-20(17-8-11-27-15-17)24-9-12-26-13-10-24/h1-7,17,20H,8-15H2,(H2,22,23,25)/t17-,20-/m0/s1. The molecule has 0 bridgehead atoms. The minimum atomic E-state index is -0.163. The van der Waals surface area contributed by atoms with Crippen LogP contribution in [0.1, 0.15) is 6.42 Å². The predicted octanol–water partition coefficient (Wildman–Crippen LogP) is 2.70. The van der Waals surface area contributed by atoms with Crippen LogP contribution in [0.3, 0.4) is 0 Å². The van der Waals surface area contributed by atoms with Crippen LogP contribution in [-0.2, 0) is 9.47 Å². The van der Waals surface area contributed by atoms with E-state index in [9.17, 15) is 4.79 Å². The van der Waals surface area contributed by atoms with Crippen molar-refractivity contribution in [2.24, 2.45) is 5.92 Å². The van der Waals surface area contributed by atoms with Gasteiger partial charge in [0.2, 0.25) is 0 Å². The molecule has 6 nitrogen and oxygen atoms in total. The van der Waals surface area contributed by atoms with Gasteiger partial charge in [0.05, 0.1) is 25.5 Å². The highest BCUT2D eigenvalue weighted by atomic mass is 16.5. The van der Waals surface area contributed by atoms with Gasteiger partial charge in [0.1, 0.15) is 0 Å². The van der Waals surface area contributed by atoms with E-state index >= 15 is 0 Å². The molecule has 2 aromatic rings. The van der Waals surface area contributed by atoms with Crippen molar-refractivity contribution in [3.8, 4) is 0 Å². The average Bonchev–Trinajstić information content (AvgIpc) is 3.24. The molecule has 144 valence electrons. The highest BCUT2D eigenvalue weighted by molar-refractivity contribution is 6.01. The summed E-state index contributed by atoms with van der Waals surface area (Å²) in [5, 5.41) is 8.25. The molecule has 2 aliphatic heterocycles. The first-order valence-corrected chi connectivity index (χ1v) is 9.73. The number of anilines is 1. The van der Waals surface area contributed by atoms with Gasteiger partial charge in [-0.25, -0.2) is 4.79 Å². The quantitative estimate of drug-likeness (QED) is 0.851. The van der Waals surface area contributed by atoms with Gasteiger partial charge in [0.25, 0.3) is 0 Å². The van der Waals surface area contributed by atoms with E-state index in [4.69, 9.17) is 9.47 Å². The van der Waals surface area contributed by atoms with Crippen molar-refractivity contribution in [1.82, 2.24) is 10.2 Å². The van der Waals surface area contributed by atoms with Crippen LogP contribution < -0.4 is 10.6 Å². The molecule has 6 heteroatoms. The van der Waals surface area contributed by atoms with Crippen molar-refractivity contribution in [2.45, 2.75) is 12.5 Å². The molecule has 0 aliphatic carbocycles. The number of nitrogens with one attached hydrogen (secondary N) is 2. The second kappa shape index (κ2) is 8.69. The molecule has 0 aromatic heterocycles. The maximum absolute atomic E-state index is 12.6. The van der Waals surface area contributed by atoms with Gasteiger partial charge in [-0.3, -0.25) is 4.90 Å². The first-order chi connectivity index (χ1) is 13.3. The Hall–Kier alpha value is -2.15. The Morgan fingerprint density at radius 1 is 1.07 bits per heavy atom. The highest BCUT2D eigenvalue weighted by Crippen LogP contribution is 2.24. The van der Waals surface area contributed by atoms with E-state index in [-0.39, 0.29) is 12.1 Å². The molecule has 2 saturated heterocycles. The van der Waals surface area contributed by atoms with E-state index in [2.05, 4.69) is 15.5 Å². The zero-order valence-corrected chi connectivity index (χ0v) is 15.5. The predicted molar refractivity (Wildman–Crippen MR) is 106 cm³/mol. The molecule has 0 saturated carbocycles. The number of carbonyl (C=O) groups is 1. The summed E-state index contributed by atoms with van der Waals surface area (Å²) in [5.41, 5.74) is 0.831. The fraction of sp³-hybridized carbons (Fsp3) is 0.476. The number of hydrogen-bond donors (Lipinski definition) is 2. The van der Waals surface area contributed by atoms with Crippen LogP contribution >= 0.6 is 0 Å². The van der Waals surface area contributed by atoms with Crippen molar-refractivity contribution >= 4 is 22.5 Å². The monoisotopic (exact) mass is 369 g/mol. The molecule has 2 N–H and O–H groups in total. The van der Waals surface area contributed by atoms with Crippen LogP contribution in [0.25, 0.3) is 10.8 Å². The summed E-state index contributed by atoms with van der Waals surface area (Å²) in [6.45, 7) is 5.53. The summed E-state index contributed by atoms with van der Waals surface area (Å²) in [6, 6.07) is 14.1. The van der Waals surface area contributed by atoms with E-state index in [0.717, 1.165) is 62.4 Å². The van der Waals surface area contributed by atoms with Gasteiger partial charge in [-0.15, -0.1) is 0 Å². The number of urea groups is 1. The second-order valence-electron chi connectivity index (χ2n) is 7.20. The van der Waals surface area contributed by atoms with E-state index in [1.807, 2.05) is 42.5 Å². The van der Waals surface area contributed by atoms with Crippen LogP contribution in [-0.4, -0.2) is 63.0 Å². The highest BCUT2D eigenvalue weighted by Gasteiger charge is 2.31. The number of ether oxygens (including phenoxy) is 2. The molecule has 2 aromatic carbocycles. The number of rotatable bonds is 5. The topological polar surface area (TPSA) is 62.8 Å². The number of carbonyl (C=O) groups excluding carboxylic acids is 1. The summed E-state index contributed by atoms with van der Waals surface area (Å²) in [4.78, 5) is 15.0. The van der Waals surface area contributed by atoms with E-state index < -0.39 is 0 Å². The van der Waals surface area contributed by atoms with Gasteiger partial charge < -0.3 is 20.1 Å². The number of morpholine rings is 1. The Labute approximate surface area is 159 Å². The lowest BCUT2D eigenvalue weighted by atomic mass is 9.97. The maximum atomic E-state index is 12.6. The molecule has 27 heavy (non-hydrogen) atoms. The molecule has 0 spiro atoms. The molecule has 2 amide bonds. The molecule has 4 rings (SSSR count). The zero-order valence-electron chi connectivity index (χ0n) is 15.5. The number of amides is 2. The van der Waals surface area contributed by atoms with Gasteiger partial charge in [-0.05, 0) is 17.9 Å². The van der Waals surface area contributed by atoms with Crippen LogP contribution in [0.5, 0.6) is 0 Å². The van der Waals surface area contributed by atoms with Gasteiger partial charge in [0.15, 0.2) is 0 Å². The summed E-state index contributed by atoms with van der Waals surface area (Å²) in [7, 11) is 0. The molecule has 0 radical (unpaired) electrons. The van der Waals surface area contributed by atoms with Crippen molar-refractivity contribution in [2.75, 3.05) is 51.4 Å². The van der Waals surface area contributed by atoms with Crippen LogP contribution in [0, 0.1) is 5.92 Å². The lowest BCUT2D eigenvalue weighted by molar-refractivity contribution is 0.00222. The van der Waals surface area contributed by atoms with Crippen LogP contribution in [0.4, 0.5) is 10.5 Å². The third-order valence-corrected chi connectivity index (χ3v) is 5.53. The largest absolute Gasteiger partial charge is 0.381 e. The van der Waals surface area contributed by atoms with Gasteiger partial charge in [-0.2, -0.15) is 0 Å². The summed E-state index contributed by atoms with van der Waals surface area (Å²) < 4.78 is 11.1. The van der Waals surface area contributed by atoms with Crippen molar-refractivity contribution < 1.29 is 14.3 Å². The normalized spacial score (nSPS) is 21.9. The molecule has 2 atom stereocenters. The minimum Gasteiger partial charge on any atom is -0.381 e. The molecule has 2 fully saturated rings. The van der Waals surface area contributed by atoms with Gasteiger partial charge in [-0.1, -0.05) is 36.4 Å². The lowest BCUT2D eigenvalue weighted by Gasteiger charge is -2.37. The number of nitrogens with zero attached hydrogens (tertiary/aromatic N) is 1. The lowest BCUT2D eigenvalue weighted by Crippen LogP contribution is -2.52. The zero-order chi connectivity index (χ0) is 18.5. The Morgan fingerprint density at radius 2 is 1.89 bits per heavy atom. The smallest absolute Gasteiger partial charge is 0.319 e. The second-order valence-corrected chi connectivity index (χ2v) is 7.20. The molecular formula is C21H27N3O3. The Morgan fingerprint density at radius 3 is 2.70 bits per heavy atom. The molecular weight excluding hydrogens is 342 g/mol. The number of hydrogen-bond acceptors (Lipinski definition) is 4. The van der Waals surface area contributed by atoms with Gasteiger partial charge in [0, 0.05) is 43.6 Å². The number of benzene rings is 2. The average molecular weight is 369 g/mol. The van der Waals surface area contributed by atoms with Crippen LogP contribution in [0.2, 0.25) is 0 Å². The SMILES string of the molecule is O=C(NC[C@@H]([C@H]1CCOC1)N1CCOCC1)Nc1cccc2ccccc12. The van der Waals surface area contributed by atoms with E-state index in [0.29, 0.717) is 12.5 Å². The third kappa shape index (κ3) is 4.40. The van der Waals surface area contributed by atoms with Crippen molar-refractivity contribution in [3.05, 3.63) is 42.5 Å². The summed E-state index contributed by atoms with van der Waals surface area (Å²) >= 11 is 0. The Balaban J connectivity index is 1.40. The maximum Gasteiger partial charge on any atom is 0.319 e. The summed E-state index contributed by atoms with van der Waals surface area (Å²) in [6.07, 6.45) is 1.05. The molecule has 2 aliphatic rings. The van der Waals surface area contributed by atoms with E-state index in [1.165, 1.54) is 0 Å². The number of fused-ring (bicyclic) bond motifs is 1. The molecule has 2 heterocycles. The minimum absolute atomic E-state index is 0.163. The Bertz CT molecular complexity index is 765. The van der Waals surface area contributed by atoms with E-state index in [1.54, 1.807) is 0 Å². The Kier molecular flexibility index (Phi) is 5.87. The first kappa shape index (κ1) is 18.2. The summed E-state index contributed by atoms with van der Waals surface area (Å²) in [5.74, 6) is 0.459. The third-order valence-electron chi connectivity index (χ3n) is 5.53. The van der Waals surface area contributed by atoms with Crippen molar-refractivity contribution in [1.29, 1.82) is 0 Å². The van der Waals surface area contributed by atoms with Crippen LogP contribution in [0.15, 0.2) is 42.5 Å². The fourth-order valence-electron chi connectivity index (χ4n) is 4.06. The fourth-order valence-corrected chi connectivity index (χ4v) is 4.06. The van der Waals surface area contributed by atoms with Gasteiger partial charge >= 0.3 is 6.03 Å². The molecule has 0 unspecified atom stereocenters. The first-order valence-electron chi connectivity index (χ1n) is 9.73.